The molecule has 0 fully saturated rings. The molecule has 0 radical (unpaired) electrons. The number of thiophene rings is 1. The van der Waals surface area contributed by atoms with E-state index in [9.17, 15) is 4.79 Å². The molecule has 0 amide bonds. The summed E-state index contributed by atoms with van der Waals surface area (Å²) in [6.45, 7) is 5.31. The van der Waals surface area contributed by atoms with E-state index in [0.29, 0.717) is 30.7 Å². The van der Waals surface area contributed by atoms with Crippen molar-refractivity contribution < 1.29 is 5.11 Å². The minimum atomic E-state index is -0.0768. The molecule has 0 aliphatic heterocycles. The second-order valence-electron chi connectivity index (χ2n) is 5.81. The molecule has 0 unspecified atom stereocenters. The van der Waals surface area contributed by atoms with E-state index in [1.54, 1.807) is 11.3 Å². The smallest absolute Gasteiger partial charge is 0.259 e. The SMILES string of the molecule is Cc1sc2nc(CN(CCCO)c3ccccc3)[nH]c(=O)c2c1C. The number of H-pyrrole nitrogens is 1. The topological polar surface area (TPSA) is 69.2 Å². The van der Waals surface area contributed by atoms with Gasteiger partial charge < -0.3 is 15.0 Å². The molecule has 0 atom stereocenters. The summed E-state index contributed by atoms with van der Waals surface area (Å²) in [5, 5.41) is 9.85. The van der Waals surface area contributed by atoms with Crippen molar-refractivity contribution in [2.24, 2.45) is 0 Å². The third kappa shape index (κ3) is 3.34. The van der Waals surface area contributed by atoms with E-state index in [1.807, 2.05) is 44.2 Å². The summed E-state index contributed by atoms with van der Waals surface area (Å²) in [4.78, 5) is 24.0. The molecule has 0 saturated carbocycles. The fourth-order valence-electron chi connectivity index (χ4n) is 2.75. The number of para-hydroxylation sites is 1. The summed E-state index contributed by atoms with van der Waals surface area (Å²) in [5.74, 6) is 0.649. The van der Waals surface area contributed by atoms with Crippen molar-refractivity contribution in [3.05, 3.63) is 57.0 Å². The molecule has 126 valence electrons. The average Bonchev–Trinajstić information content (AvgIpc) is 2.87. The number of nitrogens with one attached hydrogen (secondary N) is 1. The highest BCUT2D eigenvalue weighted by molar-refractivity contribution is 7.18. The number of hydrogen-bond donors (Lipinski definition) is 2. The largest absolute Gasteiger partial charge is 0.396 e. The highest BCUT2D eigenvalue weighted by atomic mass is 32.1. The fraction of sp³-hybridized carbons (Fsp3) is 0.333. The maximum absolute atomic E-state index is 12.4. The van der Waals surface area contributed by atoms with Crippen LogP contribution in [0.3, 0.4) is 0 Å². The molecule has 1 aromatic carbocycles. The van der Waals surface area contributed by atoms with Crippen LogP contribution in [0.15, 0.2) is 35.1 Å². The van der Waals surface area contributed by atoms with E-state index >= 15 is 0 Å². The molecule has 0 aliphatic rings. The predicted octanol–water partition coefficient (Wildman–Crippen LogP) is 2.99. The number of aromatic amines is 1. The number of aryl methyl sites for hydroxylation is 2. The van der Waals surface area contributed by atoms with E-state index in [1.165, 1.54) is 0 Å². The van der Waals surface area contributed by atoms with Crippen LogP contribution in [0, 0.1) is 13.8 Å². The average molecular weight is 343 g/mol. The number of rotatable bonds is 6. The summed E-state index contributed by atoms with van der Waals surface area (Å²) < 4.78 is 0. The van der Waals surface area contributed by atoms with E-state index in [2.05, 4.69) is 14.9 Å². The van der Waals surface area contributed by atoms with Crippen molar-refractivity contribution in [3.63, 3.8) is 0 Å². The van der Waals surface area contributed by atoms with Crippen molar-refractivity contribution in [1.82, 2.24) is 9.97 Å². The van der Waals surface area contributed by atoms with Crippen LogP contribution in [-0.2, 0) is 6.54 Å². The minimum Gasteiger partial charge on any atom is -0.396 e. The Bertz CT molecular complexity index is 886. The molecule has 2 N–H and O–H groups in total. The molecule has 0 spiro atoms. The molecule has 0 bridgehead atoms. The van der Waals surface area contributed by atoms with E-state index in [4.69, 9.17) is 5.11 Å². The zero-order valence-electron chi connectivity index (χ0n) is 13.9. The van der Waals surface area contributed by atoms with Gasteiger partial charge in [-0.3, -0.25) is 4.79 Å². The van der Waals surface area contributed by atoms with Crippen molar-refractivity contribution in [2.75, 3.05) is 18.1 Å². The van der Waals surface area contributed by atoms with Crippen LogP contribution in [0.2, 0.25) is 0 Å². The van der Waals surface area contributed by atoms with E-state index < -0.39 is 0 Å². The molecule has 0 aliphatic carbocycles. The minimum absolute atomic E-state index is 0.0768. The van der Waals surface area contributed by atoms with Crippen LogP contribution >= 0.6 is 11.3 Å². The van der Waals surface area contributed by atoms with Crippen molar-refractivity contribution in [2.45, 2.75) is 26.8 Å². The lowest BCUT2D eigenvalue weighted by Crippen LogP contribution is -2.27. The first kappa shape index (κ1) is 16.7. The van der Waals surface area contributed by atoms with Crippen molar-refractivity contribution in [3.8, 4) is 0 Å². The lowest BCUT2D eigenvalue weighted by molar-refractivity contribution is 0.289. The Morgan fingerprint density at radius 3 is 2.71 bits per heavy atom. The lowest BCUT2D eigenvalue weighted by atomic mass is 10.2. The number of hydrogen-bond acceptors (Lipinski definition) is 5. The number of nitrogens with zero attached hydrogens (tertiary/aromatic N) is 2. The molecule has 2 aromatic heterocycles. The Morgan fingerprint density at radius 1 is 1.25 bits per heavy atom. The Hall–Kier alpha value is -2.18. The van der Waals surface area contributed by atoms with Gasteiger partial charge in [0.05, 0.1) is 11.9 Å². The second kappa shape index (κ2) is 7.15. The zero-order chi connectivity index (χ0) is 17.1. The molecular formula is C18H21N3O2S. The van der Waals surface area contributed by atoms with Crippen molar-refractivity contribution in [1.29, 1.82) is 0 Å². The second-order valence-corrected chi connectivity index (χ2v) is 7.01. The molecule has 3 rings (SSSR count). The van der Waals surface area contributed by atoms with Gasteiger partial charge in [-0.05, 0) is 38.0 Å². The van der Waals surface area contributed by atoms with Gasteiger partial charge >= 0.3 is 0 Å². The maximum Gasteiger partial charge on any atom is 0.259 e. The molecule has 5 nitrogen and oxygen atoms in total. The highest BCUT2D eigenvalue weighted by Crippen LogP contribution is 2.26. The van der Waals surface area contributed by atoms with Crippen LogP contribution < -0.4 is 10.5 Å². The summed E-state index contributed by atoms with van der Waals surface area (Å²) >= 11 is 1.56. The summed E-state index contributed by atoms with van der Waals surface area (Å²) in [5.41, 5.74) is 1.98. The van der Waals surface area contributed by atoms with Gasteiger partial charge in [0.25, 0.3) is 5.56 Å². The summed E-state index contributed by atoms with van der Waals surface area (Å²) in [6.07, 6.45) is 0.665. The third-order valence-electron chi connectivity index (χ3n) is 4.14. The van der Waals surface area contributed by atoms with Crippen LogP contribution in [-0.4, -0.2) is 28.2 Å². The van der Waals surface area contributed by atoms with Gasteiger partial charge in [-0.25, -0.2) is 4.98 Å². The number of aliphatic hydroxyl groups is 1. The Kier molecular flexibility index (Phi) is 4.97. The van der Waals surface area contributed by atoms with Gasteiger partial charge in [0.15, 0.2) is 0 Å². The first-order chi connectivity index (χ1) is 11.6. The normalized spacial score (nSPS) is 11.1. The van der Waals surface area contributed by atoms with Crippen LogP contribution in [0.5, 0.6) is 0 Å². The Morgan fingerprint density at radius 2 is 2.00 bits per heavy atom. The molecule has 3 aromatic rings. The van der Waals surface area contributed by atoms with Crippen LogP contribution in [0.4, 0.5) is 5.69 Å². The van der Waals surface area contributed by atoms with Crippen molar-refractivity contribution >= 4 is 27.2 Å². The standard InChI is InChI=1S/C18H21N3O2S/c1-12-13(2)24-18-16(12)17(23)19-15(20-18)11-21(9-6-10-22)14-7-4-3-5-8-14/h3-5,7-8,22H,6,9-11H2,1-2H3,(H,19,20,23). The predicted molar refractivity (Wildman–Crippen MR) is 98.9 cm³/mol. The van der Waals surface area contributed by atoms with Gasteiger partial charge in [-0.15, -0.1) is 11.3 Å². The highest BCUT2D eigenvalue weighted by Gasteiger charge is 2.14. The van der Waals surface area contributed by atoms with Gasteiger partial charge in [-0.2, -0.15) is 0 Å². The van der Waals surface area contributed by atoms with E-state index in [-0.39, 0.29) is 12.2 Å². The number of fused-ring (bicyclic) bond motifs is 1. The van der Waals surface area contributed by atoms with Gasteiger partial charge in [-0.1, -0.05) is 18.2 Å². The molecule has 0 saturated heterocycles. The monoisotopic (exact) mass is 343 g/mol. The Labute approximate surface area is 144 Å². The molecule has 2 heterocycles. The fourth-order valence-corrected chi connectivity index (χ4v) is 3.80. The number of benzene rings is 1. The molecule has 24 heavy (non-hydrogen) atoms. The lowest BCUT2D eigenvalue weighted by Gasteiger charge is -2.24. The van der Waals surface area contributed by atoms with Crippen LogP contribution in [0.1, 0.15) is 22.7 Å². The van der Waals surface area contributed by atoms with Crippen LogP contribution in [0.25, 0.3) is 10.2 Å². The number of anilines is 1. The third-order valence-corrected chi connectivity index (χ3v) is 5.24. The first-order valence-electron chi connectivity index (χ1n) is 8.00. The summed E-state index contributed by atoms with van der Waals surface area (Å²) in [6, 6.07) is 9.97. The van der Waals surface area contributed by atoms with E-state index in [0.717, 1.165) is 21.0 Å². The molecular weight excluding hydrogens is 322 g/mol. The zero-order valence-corrected chi connectivity index (χ0v) is 14.7. The maximum atomic E-state index is 12.4. The van der Waals surface area contributed by atoms with Gasteiger partial charge in [0.2, 0.25) is 0 Å². The quantitative estimate of drug-likeness (QED) is 0.722. The van der Waals surface area contributed by atoms with Gasteiger partial charge in [0, 0.05) is 23.7 Å². The van der Waals surface area contributed by atoms with Gasteiger partial charge in [0.1, 0.15) is 10.7 Å². The Balaban J connectivity index is 1.95. The number of aliphatic hydroxyl groups excluding tert-OH is 1. The molecule has 6 heteroatoms. The first-order valence-corrected chi connectivity index (χ1v) is 8.81. The summed E-state index contributed by atoms with van der Waals surface area (Å²) in [7, 11) is 0. The number of aromatic nitrogens is 2.